The van der Waals surface area contributed by atoms with Crippen LogP contribution in [0.25, 0.3) is 0 Å². The SMILES string of the molecule is COc1cc(CN(C)C(=O)CNC(=O)c2ccccc2)ccc1OC(F)F. The topological polar surface area (TPSA) is 67.9 Å². The van der Waals surface area contributed by atoms with Crippen molar-refractivity contribution in [1.29, 1.82) is 0 Å². The van der Waals surface area contributed by atoms with Gasteiger partial charge in [-0.2, -0.15) is 8.78 Å². The number of amides is 2. The number of benzene rings is 2. The fraction of sp³-hybridized carbons (Fsp3) is 0.263. The number of carbonyl (C=O) groups is 2. The summed E-state index contributed by atoms with van der Waals surface area (Å²) in [6.45, 7) is -2.90. The van der Waals surface area contributed by atoms with Gasteiger partial charge < -0.3 is 19.7 Å². The Morgan fingerprint density at radius 2 is 1.81 bits per heavy atom. The fourth-order valence-corrected chi connectivity index (χ4v) is 2.35. The van der Waals surface area contributed by atoms with E-state index in [0.717, 1.165) is 0 Å². The Kier molecular flexibility index (Phi) is 7.10. The van der Waals surface area contributed by atoms with E-state index in [-0.39, 0.29) is 36.4 Å². The molecule has 0 atom stereocenters. The van der Waals surface area contributed by atoms with Crippen LogP contribution >= 0.6 is 0 Å². The molecule has 144 valence electrons. The van der Waals surface area contributed by atoms with Crippen LogP contribution < -0.4 is 14.8 Å². The lowest BCUT2D eigenvalue weighted by molar-refractivity contribution is -0.129. The van der Waals surface area contributed by atoms with Crippen LogP contribution in [0.2, 0.25) is 0 Å². The number of likely N-dealkylation sites (N-methyl/N-ethyl adjacent to an activating group) is 1. The summed E-state index contributed by atoms with van der Waals surface area (Å²) in [6.07, 6.45) is 0. The van der Waals surface area contributed by atoms with Gasteiger partial charge in [0.2, 0.25) is 5.91 Å². The zero-order valence-corrected chi connectivity index (χ0v) is 14.9. The van der Waals surface area contributed by atoms with Gasteiger partial charge in [0, 0.05) is 19.2 Å². The van der Waals surface area contributed by atoms with Crippen LogP contribution in [0, 0.1) is 0 Å². The van der Waals surface area contributed by atoms with E-state index in [0.29, 0.717) is 11.1 Å². The molecule has 0 heterocycles. The quantitative estimate of drug-likeness (QED) is 0.767. The van der Waals surface area contributed by atoms with Gasteiger partial charge in [0.15, 0.2) is 11.5 Å². The van der Waals surface area contributed by atoms with E-state index in [1.54, 1.807) is 43.4 Å². The third-order valence-electron chi connectivity index (χ3n) is 3.73. The molecule has 0 aliphatic heterocycles. The van der Waals surface area contributed by atoms with E-state index < -0.39 is 6.61 Å². The molecule has 2 rings (SSSR count). The van der Waals surface area contributed by atoms with Crippen molar-refractivity contribution in [3.8, 4) is 11.5 Å². The number of hydrogen-bond donors (Lipinski definition) is 1. The molecule has 0 aromatic heterocycles. The van der Waals surface area contributed by atoms with Gasteiger partial charge in [0.05, 0.1) is 13.7 Å². The third-order valence-corrected chi connectivity index (χ3v) is 3.73. The zero-order chi connectivity index (χ0) is 19.8. The molecule has 0 saturated heterocycles. The Balaban J connectivity index is 1.92. The highest BCUT2D eigenvalue weighted by atomic mass is 19.3. The summed E-state index contributed by atoms with van der Waals surface area (Å²) in [5, 5.41) is 2.56. The number of ether oxygens (including phenoxy) is 2. The summed E-state index contributed by atoms with van der Waals surface area (Å²) in [4.78, 5) is 25.6. The van der Waals surface area contributed by atoms with Gasteiger partial charge in [0.25, 0.3) is 5.91 Å². The predicted molar refractivity (Wildman–Crippen MR) is 94.9 cm³/mol. The van der Waals surface area contributed by atoms with Crippen molar-refractivity contribution in [2.45, 2.75) is 13.2 Å². The van der Waals surface area contributed by atoms with Crippen LogP contribution in [-0.2, 0) is 11.3 Å². The highest BCUT2D eigenvalue weighted by molar-refractivity contribution is 5.96. The maximum Gasteiger partial charge on any atom is 0.387 e. The largest absolute Gasteiger partial charge is 0.493 e. The summed E-state index contributed by atoms with van der Waals surface area (Å²) >= 11 is 0. The molecule has 2 aromatic carbocycles. The number of alkyl halides is 2. The average Bonchev–Trinajstić information content (AvgIpc) is 2.67. The molecule has 0 fully saturated rings. The van der Waals surface area contributed by atoms with Crippen molar-refractivity contribution in [3.63, 3.8) is 0 Å². The Morgan fingerprint density at radius 3 is 2.44 bits per heavy atom. The van der Waals surface area contributed by atoms with Gasteiger partial charge in [-0.25, -0.2) is 0 Å². The maximum absolute atomic E-state index is 12.4. The van der Waals surface area contributed by atoms with Crippen LogP contribution in [0.4, 0.5) is 8.78 Å². The van der Waals surface area contributed by atoms with Crippen molar-refractivity contribution in [2.75, 3.05) is 20.7 Å². The molecular weight excluding hydrogens is 358 g/mol. The van der Waals surface area contributed by atoms with Gasteiger partial charge in [-0.3, -0.25) is 9.59 Å². The second-order valence-corrected chi connectivity index (χ2v) is 5.66. The molecule has 0 aliphatic rings. The van der Waals surface area contributed by atoms with Crippen molar-refractivity contribution < 1.29 is 27.8 Å². The molecule has 1 N–H and O–H groups in total. The summed E-state index contributed by atoms with van der Waals surface area (Å²) in [7, 11) is 2.92. The number of rotatable bonds is 8. The summed E-state index contributed by atoms with van der Waals surface area (Å²) < 4.78 is 34.1. The first-order valence-electron chi connectivity index (χ1n) is 8.09. The first-order chi connectivity index (χ1) is 12.9. The van der Waals surface area contributed by atoms with Crippen LogP contribution in [0.5, 0.6) is 11.5 Å². The third kappa shape index (κ3) is 5.95. The summed E-state index contributed by atoms with van der Waals surface area (Å²) in [5.41, 5.74) is 1.13. The van der Waals surface area contributed by atoms with Crippen LogP contribution in [0.15, 0.2) is 48.5 Å². The highest BCUT2D eigenvalue weighted by Gasteiger charge is 2.15. The molecule has 2 amide bonds. The van der Waals surface area contributed by atoms with E-state index in [1.807, 2.05) is 0 Å². The molecule has 0 bridgehead atoms. The number of halogens is 2. The van der Waals surface area contributed by atoms with Gasteiger partial charge in [-0.1, -0.05) is 24.3 Å². The normalized spacial score (nSPS) is 10.4. The van der Waals surface area contributed by atoms with Gasteiger partial charge in [0.1, 0.15) is 0 Å². The van der Waals surface area contributed by atoms with Crippen molar-refractivity contribution in [1.82, 2.24) is 10.2 Å². The second-order valence-electron chi connectivity index (χ2n) is 5.66. The first kappa shape index (κ1) is 20.2. The minimum atomic E-state index is -2.96. The van der Waals surface area contributed by atoms with Crippen LogP contribution in [0.3, 0.4) is 0 Å². The monoisotopic (exact) mass is 378 g/mol. The molecule has 0 unspecified atom stereocenters. The zero-order valence-electron chi connectivity index (χ0n) is 14.9. The van der Waals surface area contributed by atoms with Gasteiger partial charge >= 0.3 is 6.61 Å². The van der Waals surface area contributed by atoms with E-state index in [2.05, 4.69) is 10.1 Å². The summed E-state index contributed by atoms with van der Waals surface area (Å²) in [5.74, 6) is -0.579. The molecule has 8 heteroatoms. The number of methoxy groups -OCH3 is 1. The van der Waals surface area contributed by atoms with Crippen molar-refractivity contribution in [3.05, 3.63) is 59.7 Å². The van der Waals surface area contributed by atoms with Crippen LogP contribution in [0.1, 0.15) is 15.9 Å². The lowest BCUT2D eigenvalue weighted by atomic mass is 10.2. The Labute approximate surface area is 155 Å². The van der Waals surface area contributed by atoms with Gasteiger partial charge in [-0.05, 0) is 29.8 Å². The average molecular weight is 378 g/mol. The lowest BCUT2D eigenvalue weighted by Gasteiger charge is -2.19. The Morgan fingerprint density at radius 1 is 1.11 bits per heavy atom. The van der Waals surface area contributed by atoms with E-state index in [4.69, 9.17) is 4.74 Å². The van der Waals surface area contributed by atoms with Gasteiger partial charge in [-0.15, -0.1) is 0 Å². The smallest absolute Gasteiger partial charge is 0.387 e. The Hall–Kier alpha value is -3.16. The molecule has 0 radical (unpaired) electrons. The van der Waals surface area contributed by atoms with E-state index >= 15 is 0 Å². The number of nitrogens with one attached hydrogen (secondary N) is 1. The van der Waals surface area contributed by atoms with E-state index in [9.17, 15) is 18.4 Å². The minimum Gasteiger partial charge on any atom is -0.493 e. The summed E-state index contributed by atoms with van der Waals surface area (Å²) in [6, 6.07) is 13.0. The molecular formula is C19H20F2N2O4. The molecule has 27 heavy (non-hydrogen) atoms. The molecule has 0 saturated carbocycles. The standard InChI is InChI=1S/C19H20F2N2O4/c1-23(17(24)11-22-18(25)14-6-4-3-5-7-14)12-13-8-9-15(27-19(20)21)16(10-13)26-2/h3-10,19H,11-12H2,1-2H3,(H,22,25). The maximum atomic E-state index is 12.4. The minimum absolute atomic E-state index is 0.0830. The Bertz CT molecular complexity index is 785. The lowest BCUT2D eigenvalue weighted by Crippen LogP contribution is -2.37. The molecule has 6 nitrogen and oxygen atoms in total. The second kappa shape index (κ2) is 9.51. The predicted octanol–water partition coefficient (Wildman–Crippen LogP) is 2.69. The molecule has 0 aliphatic carbocycles. The number of hydrogen-bond acceptors (Lipinski definition) is 4. The highest BCUT2D eigenvalue weighted by Crippen LogP contribution is 2.29. The van der Waals surface area contributed by atoms with E-state index in [1.165, 1.54) is 24.1 Å². The van der Waals surface area contributed by atoms with Crippen molar-refractivity contribution >= 4 is 11.8 Å². The fourth-order valence-electron chi connectivity index (χ4n) is 2.35. The molecule has 2 aromatic rings. The van der Waals surface area contributed by atoms with Crippen molar-refractivity contribution in [2.24, 2.45) is 0 Å². The number of nitrogens with zero attached hydrogens (tertiary/aromatic N) is 1. The molecule has 0 spiro atoms. The van der Waals surface area contributed by atoms with Crippen LogP contribution in [-0.4, -0.2) is 44.0 Å². The first-order valence-corrected chi connectivity index (χ1v) is 8.09. The number of carbonyl (C=O) groups excluding carboxylic acids is 2.